The maximum absolute atomic E-state index is 13.4. The van der Waals surface area contributed by atoms with E-state index in [0.717, 1.165) is 6.42 Å². The van der Waals surface area contributed by atoms with Gasteiger partial charge in [-0.05, 0) is 43.9 Å². The number of nitro groups is 1. The SMILES string of the molecule is CC[C@@H](C)Oc1ccc(NC(=O)C2(c3ccc([N+](=O)[O-])cc3)CCOCC2)c(C#N)c1. The van der Waals surface area contributed by atoms with Crippen LogP contribution < -0.4 is 10.1 Å². The Hall–Kier alpha value is -3.44. The van der Waals surface area contributed by atoms with Gasteiger partial charge in [0.2, 0.25) is 5.91 Å². The molecule has 1 heterocycles. The molecule has 8 heteroatoms. The lowest BCUT2D eigenvalue weighted by Gasteiger charge is -2.36. The fourth-order valence-electron chi connectivity index (χ4n) is 3.62. The van der Waals surface area contributed by atoms with E-state index in [4.69, 9.17) is 9.47 Å². The van der Waals surface area contributed by atoms with Gasteiger partial charge < -0.3 is 14.8 Å². The molecule has 2 aromatic rings. The fraction of sp³-hybridized carbons (Fsp3) is 0.391. The number of carbonyl (C=O) groups excluding carboxylic acids is 1. The minimum Gasteiger partial charge on any atom is -0.491 e. The van der Waals surface area contributed by atoms with E-state index < -0.39 is 10.3 Å². The smallest absolute Gasteiger partial charge is 0.269 e. The number of nitro benzene ring substituents is 1. The summed E-state index contributed by atoms with van der Waals surface area (Å²) in [5.74, 6) is 0.303. The first-order valence-electron chi connectivity index (χ1n) is 10.2. The van der Waals surface area contributed by atoms with Gasteiger partial charge in [-0.25, -0.2) is 0 Å². The standard InChI is InChI=1S/C23H25N3O5/c1-3-16(2)31-20-8-9-21(17(14-20)15-24)25-22(27)23(10-12-30-13-11-23)18-4-6-19(7-5-18)26(28)29/h4-9,14,16H,3,10-13H2,1-2H3,(H,25,27)/t16-/m1/s1. The summed E-state index contributed by atoms with van der Waals surface area (Å²) in [5, 5.41) is 23.5. The van der Waals surface area contributed by atoms with Crippen LogP contribution in [-0.2, 0) is 14.9 Å². The summed E-state index contributed by atoms with van der Waals surface area (Å²) in [6.07, 6.45) is 1.72. The van der Waals surface area contributed by atoms with Crippen LogP contribution >= 0.6 is 0 Å². The van der Waals surface area contributed by atoms with E-state index in [0.29, 0.717) is 48.6 Å². The minimum absolute atomic E-state index is 0.0135. The van der Waals surface area contributed by atoms with Crippen LogP contribution in [0.15, 0.2) is 42.5 Å². The zero-order chi connectivity index (χ0) is 22.4. The summed E-state index contributed by atoms with van der Waals surface area (Å²) in [6, 6.07) is 13.2. The Morgan fingerprint density at radius 3 is 2.55 bits per heavy atom. The van der Waals surface area contributed by atoms with E-state index >= 15 is 0 Å². The van der Waals surface area contributed by atoms with Gasteiger partial charge in [-0.15, -0.1) is 0 Å². The predicted octanol–water partition coefficient (Wildman–Crippen LogP) is 4.33. The van der Waals surface area contributed by atoms with E-state index in [1.807, 2.05) is 13.8 Å². The molecule has 0 radical (unpaired) electrons. The number of carbonyl (C=O) groups is 1. The van der Waals surface area contributed by atoms with Crippen molar-refractivity contribution in [2.24, 2.45) is 0 Å². The fourth-order valence-corrected chi connectivity index (χ4v) is 3.62. The van der Waals surface area contributed by atoms with Crippen LogP contribution in [0.3, 0.4) is 0 Å². The second-order valence-corrected chi connectivity index (χ2v) is 7.61. The molecule has 0 aliphatic carbocycles. The second-order valence-electron chi connectivity index (χ2n) is 7.61. The van der Waals surface area contributed by atoms with Crippen molar-refractivity contribution >= 4 is 17.3 Å². The number of benzene rings is 2. The van der Waals surface area contributed by atoms with Crippen molar-refractivity contribution in [3.05, 3.63) is 63.7 Å². The van der Waals surface area contributed by atoms with Gasteiger partial charge >= 0.3 is 0 Å². The van der Waals surface area contributed by atoms with Crippen LogP contribution in [0.1, 0.15) is 44.2 Å². The van der Waals surface area contributed by atoms with Gasteiger partial charge in [0.05, 0.1) is 27.7 Å². The highest BCUT2D eigenvalue weighted by molar-refractivity contribution is 6.00. The number of amides is 1. The number of ether oxygens (including phenoxy) is 2. The van der Waals surface area contributed by atoms with Gasteiger partial charge in [-0.3, -0.25) is 14.9 Å². The number of anilines is 1. The van der Waals surface area contributed by atoms with Gasteiger partial charge in [0.25, 0.3) is 5.69 Å². The number of non-ortho nitro benzene ring substituents is 1. The Labute approximate surface area is 180 Å². The summed E-state index contributed by atoms with van der Waals surface area (Å²) in [4.78, 5) is 24.0. The van der Waals surface area contributed by atoms with Crippen LogP contribution in [0.4, 0.5) is 11.4 Å². The zero-order valence-electron chi connectivity index (χ0n) is 17.6. The van der Waals surface area contributed by atoms with Gasteiger partial charge in [-0.1, -0.05) is 19.1 Å². The molecule has 0 bridgehead atoms. The Morgan fingerprint density at radius 2 is 1.97 bits per heavy atom. The molecule has 1 amide bonds. The normalized spacial score (nSPS) is 16.0. The summed E-state index contributed by atoms with van der Waals surface area (Å²) in [6.45, 7) is 4.76. The summed E-state index contributed by atoms with van der Waals surface area (Å²) >= 11 is 0. The third-order valence-electron chi connectivity index (χ3n) is 5.68. The van der Waals surface area contributed by atoms with Crippen LogP contribution in [0.25, 0.3) is 0 Å². The molecule has 1 aliphatic rings. The maximum Gasteiger partial charge on any atom is 0.269 e. The number of hydrogen-bond acceptors (Lipinski definition) is 6. The van der Waals surface area contributed by atoms with E-state index in [1.165, 1.54) is 12.1 Å². The third-order valence-corrected chi connectivity index (χ3v) is 5.68. The first-order valence-corrected chi connectivity index (χ1v) is 10.2. The van der Waals surface area contributed by atoms with Crippen molar-refractivity contribution in [1.82, 2.24) is 0 Å². The van der Waals surface area contributed by atoms with Crippen molar-refractivity contribution in [1.29, 1.82) is 5.26 Å². The van der Waals surface area contributed by atoms with Gasteiger partial charge in [0.15, 0.2) is 0 Å². The summed E-state index contributed by atoms with van der Waals surface area (Å²) in [5.41, 5.74) is 0.465. The van der Waals surface area contributed by atoms with Crippen molar-refractivity contribution in [2.75, 3.05) is 18.5 Å². The Kier molecular flexibility index (Phi) is 6.88. The molecule has 1 atom stereocenters. The lowest BCUT2D eigenvalue weighted by molar-refractivity contribution is -0.384. The molecule has 0 spiro atoms. The molecule has 31 heavy (non-hydrogen) atoms. The van der Waals surface area contributed by atoms with Crippen LogP contribution in [0.2, 0.25) is 0 Å². The van der Waals surface area contributed by atoms with Crippen molar-refractivity contribution < 1.29 is 19.2 Å². The molecule has 2 aromatic carbocycles. The van der Waals surface area contributed by atoms with Crippen molar-refractivity contribution in [2.45, 2.75) is 44.6 Å². The molecule has 1 saturated heterocycles. The van der Waals surface area contributed by atoms with Gasteiger partial charge in [0, 0.05) is 31.4 Å². The number of nitrogens with one attached hydrogen (secondary N) is 1. The van der Waals surface area contributed by atoms with E-state index in [-0.39, 0.29) is 17.7 Å². The highest BCUT2D eigenvalue weighted by atomic mass is 16.6. The molecule has 0 unspecified atom stereocenters. The largest absolute Gasteiger partial charge is 0.491 e. The highest BCUT2D eigenvalue weighted by Gasteiger charge is 2.42. The zero-order valence-corrected chi connectivity index (χ0v) is 17.6. The lowest BCUT2D eigenvalue weighted by atomic mass is 9.73. The molecule has 3 rings (SSSR count). The number of rotatable bonds is 7. The topological polar surface area (TPSA) is 114 Å². The number of hydrogen-bond donors (Lipinski definition) is 1. The molecule has 0 saturated carbocycles. The third kappa shape index (κ3) is 4.84. The van der Waals surface area contributed by atoms with Crippen molar-refractivity contribution in [3.8, 4) is 11.8 Å². The molecule has 8 nitrogen and oxygen atoms in total. The van der Waals surface area contributed by atoms with E-state index in [2.05, 4.69) is 11.4 Å². The summed E-state index contributed by atoms with van der Waals surface area (Å²) < 4.78 is 11.2. The number of nitrogens with zero attached hydrogens (tertiary/aromatic N) is 2. The van der Waals surface area contributed by atoms with Crippen LogP contribution in [-0.4, -0.2) is 30.1 Å². The predicted molar refractivity (Wildman–Crippen MR) is 115 cm³/mol. The van der Waals surface area contributed by atoms with Crippen molar-refractivity contribution in [3.63, 3.8) is 0 Å². The molecule has 1 fully saturated rings. The van der Waals surface area contributed by atoms with Gasteiger partial charge in [-0.2, -0.15) is 5.26 Å². The molecule has 1 aliphatic heterocycles. The second kappa shape index (κ2) is 9.58. The monoisotopic (exact) mass is 423 g/mol. The lowest BCUT2D eigenvalue weighted by Crippen LogP contribution is -2.45. The van der Waals surface area contributed by atoms with Crippen LogP contribution in [0.5, 0.6) is 5.75 Å². The summed E-state index contributed by atoms with van der Waals surface area (Å²) in [7, 11) is 0. The minimum atomic E-state index is -0.897. The molecular formula is C23H25N3O5. The van der Waals surface area contributed by atoms with Gasteiger partial charge in [0.1, 0.15) is 11.8 Å². The molecule has 0 aromatic heterocycles. The first-order chi connectivity index (χ1) is 14.9. The highest BCUT2D eigenvalue weighted by Crippen LogP contribution is 2.37. The van der Waals surface area contributed by atoms with E-state index in [9.17, 15) is 20.2 Å². The number of nitriles is 1. The Morgan fingerprint density at radius 1 is 1.29 bits per heavy atom. The Balaban J connectivity index is 1.89. The average molecular weight is 423 g/mol. The maximum atomic E-state index is 13.4. The molecule has 1 N–H and O–H groups in total. The average Bonchev–Trinajstić information content (AvgIpc) is 2.80. The quantitative estimate of drug-likeness (QED) is 0.524. The molecular weight excluding hydrogens is 398 g/mol. The Bertz CT molecular complexity index is 991. The first kappa shape index (κ1) is 22.2. The van der Waals surface area contributed by atoms with Crippen LogP contribution in [0, 0.1) is 21.4 Å². The molecule has 162 valence electrons. The van der Waals surface area contributed by atoms with E-state index in [1.54, 1.807) is 30.3 Å².